The topological polar surface area (TPSA) is 52.9 Å². The van der Waals surface area contributed by atoms with Gasteiger partial charge in [0.15, 0.2) is 11.6 Å². The van der Waals surface area contributed by atoms with E-state index >= 15 is 0 Å². The normalized spacial score (nSPS) is 16.6. The number of unbranched alkanes of at least 4 members (excludes halogenated alkanes) is 6. The zero-order valence-corrected chi connectivity index (χ0v) is 12.4. The van der Waals surface area contributed by atoms with E-state index in [2.05, 4.69) is 11.9 Å². The molecule has 110 valence electrons. The van der Waals surface area contributed by atoms with E-state index < -0.39 is 6.23 Å². The fourth-order valence-electron chi connectivity index (χ4n) is 2.43. The van der Waals surface area contributed by atoms with Gasteiger partial charge in [0.05, 0.1) is 6.54 Å². The molecular weight excluding hydrogens is 240 g/mol. The lowest BCUT2D eigenvalue weighted by Gasteiger charge is -2.22. The molecule has 1 atom stereocenters. The molecule has 4 heteroatoms. The van der Waals surface area contributed by atoms with Crippen LogP contribution in [0, 0.1) is 0 Å². The minimum Gasteiger partial charge on any atom is -0.374 e. The third-order valence-electron chi connectivity index (χ3n) is 3.58. The molecule has 1 aliphatic rings. The van der Waals surface area contributed by atoms with E-state index in [9.17, 15) is 9.90 Å². The Morgan fingerprint density at radius 1 is 1.26 bits per heavy atom. The SMILES string of the molecule is CCCCCCCCCC(=O)C1=NCCN1C(C)O. The molecule has 0 bridgehead atoms. The Morgan fingerprint density at radius 2 is 1.89 bits per heavy atom. The van der Waals surface area contributed by atoms with Gasteiger partial charge in [-0.1, -0.05) is 45.4 Å². The van der Waals surface area contributed by atoms with E-state index in [1.807, 2.05) is 0 Å². The van der Waals surface area contributed by atoms with Gasteiger partial charge < -0.3 is 10.0 Å². The van der Waals surface area contributed by atoms with Gasteiger partial charge in [-0.25, -0.2) is 0 Å². The summed E-state index contributed by atoms with van der Waals surface area (Å²) in [6.45, 7) is 5.19. The highest BCUT2D eigenvalue weighted by atomic mass is 16.3. The molecule has 0 saturated heterocycles. The zero-order chi connectivity index (χ0) is 14.1. The third kappa shape index (κ3) is 5.72. The van der Waals surface area contributed by atoms with Crippen LogP contribution < -0.4 is 0 Å². The summed E-state index contributed by atoms with van der Waals surface area (Å²) in [7, 11) is 0. The Bertz CT molecular complexity index is 301. The van der Waals surface area contributed by atoms with E-state index in [4.69, 9.17) is 0 Å². The molecule has 0 fully saturated rings. The maximum Gasteiger partial charge on any atom is 0.197 e. The van der Waals surface area contributed by atoms with E-state index in [1.54, 1.807) is 11.8 Å². The number of aliphatic hydroxyl groups excluding tert-OH is 1. The molecule has 0 aromatic rings. The second kappa shape index (κ2) is 9.08. The number of carbonyl (C=O) groups excluding carboxylic acids is 1. The Morgan fingerprint density at radius 3 is 2.53 bits per heavy atom. The predicted molar refractivity (Wildman–Crippen MR) is 78.3 cm³/mol. The first kappa shape index (κ1) is 16.2. The molecule has 1 heterocycles. The van der Waals surface area contributed by atoms with Crippen molar-refractivity contribution in [3.63, 3.8) is 0 Å². The summed E-state index contributed by atoms with van der Waals surface area (Å²) in [5, 5.41) is 9.56. The molecule has 0 radical (unpaired) electrons. The molecule has 1 rings (SSSR count). The quantitative estimate of drug-likeness (QED) is 0.620. The first-order chi connectivity index (χ1) is 9.16. The smallest absolute Gasteiger partial charge is 0.197 e. The molecule has 19 heavy (non-hydrogen) atoms. The number of carbonyl (C=O) groups is 1. The highest BCUT2D eigenvalue weighted by Gasteiger charge is 2.25. The summed E-state index contributed by atoms with van der Waals surface area (Å²) in [4.78, 5) is 17.9. The summed E-state index contributed by atoms with van der Waals surface area (Å²) >= 11 is 0. The summed E-state index contributed by atoms with van der Waals surface area (Å²) in [6.07, 6.45) is 8.42. The molecule has 1 N–H and O–H groups in total. The molecule has 1 unspecified atom stereocenters. The Balaban J connectivity index is 2.14. The minimum absolute atomic E-state index is 0.0898. The van der Waals surface area contributed by atoms with Crippen LogP contribution >= 0.6 is 0 Å². The molecule has 0 spiro atoms. The van der Waals surface area contributed by atoms with Crippen molar-refractivity contribution < 1.29 is 9.90 Å². The number of ketones is 1. The van der Waals surface area contributed by atoms with Crippen LogP contribution in [0.15, 0.2) is 4.99 Å². The van der Waals surface area contributed by atoms with Gasteiger partial charge in [-0.15, -0.1) is 0 Å². The molecule has 1 aliphatic heterocycles. The molecule has 4 nitrogen and oxygen atoms in total. The van der Waals surface area contributed by atoms with Crippen LogP contribution in [-0.2, 0) is 4.79 Å². The van der Waals surface area contributed by atoms with Gasteiger partial charge >= 0.3 is 0 Å². The Labute approximate surface area is 116 Å². The number of Topliss-reactive ketones (excluding diaryl/α,β-unsaturated/α-hetero) is 1. The highest BCUT2D eigenvalue weighted by molar-refractivity contribution is 6.39. The van der Waals surface area contributed by atoms with E-state index in [0.717, 1.165) is 12.8 Å². The van der Waals surface area contributed by atoms with Crippen molar-refractivity contribution in [2.75, 3.05) is 13.1 Å². The van der Waals surface area contributed by atoms with Crippen LogP contribution in [0.5, 0.6) is 0 Å². The van der Waals surface area contributed by atoms with E-state index in [0.29, 0.717) is 25.3 Å². The molecule has 0 aromatic carbocycles. The number of rotatable bonds is 10. The van der Waals surface area contributed by atoms with Crippen LogP contribution in [0.2, 0.25) is 0 Å². The lowest BCUT2D eigenvalue weighted by atomic mass is 10.1. The standard InChI is InChI=1S/C15H28N2O2/c1-3-4-5-6-7-8-9-10-14(19)15-16-11-12-17(15)13(2)18/h13,18H,3-12H2,1-2H3. The van der Waals surface area contributed by atoms with Crippen molar-refractivity contribution in [2.45, 2.75) is 71.4 Å². The monoisotopic (exact) mass is 268 g/mol. The number of aliphatic imine (C=N–C) groups is 1. The number of nitrogens with zero attached hydrogens (tertiary/aromatic N) is 2. The van der Waals surface area contributed by atoms with Crippen molar-refractivity contribution in [3.05, 3.63) is 0 Å². The van der Waals surface area contributed by atoms with Gasteiger partial charge in [0, 0.05) is 13.0 Å². The molecule has 0 aliphatic carbocycles. The number of hydrogen-bond donors (Lipinski definition) is 1. The maximum absolute atomic E-state index is 12.0. The largest absolute Gasteiger partial charge is 0.374 e. The van der Waals surface area contributed by atoms with Crippen LogP contribution in [0.25, 0.3) is 0 Å². The lowest BCUT2D eigenvalue weighted by molar-refractivity contribution is -0.114. The number of aliphatic hydroxyl groups is 1. The van der Waals surface area contributed by atoms with Gasteiger partial charge in [-0.3, -0.25) is 9.79 Å². The average Bonchev–Trinajstić information content (AvgIpc) is 2.87. The summed E-state index contributed by atoms with van der Waals surface area (Å²) in [6, 6.07) is 0. The maximum atomic E-state index is 12.0. The highest BCUT2D eigenvalue weighted by Crippen LogP contribution is 2.12. The second-order valence-corrected chi connectivity index (χ2v) is 5.33. The van der Waals surface area contributed by atoms with Gasteiger partial charge in [0.2, 0.25) is 0 Å². The summed E-state index contributed by atoms with van der Waals surface area (Å²) in [5.74, 6) is 0.577. The second-order valence-electron chi connectivity index (χ2n) is 5.33. The Kier molecular flexibility index (Phi) is 7.72. The van der Waals surface area contributed by atoms with Crippen LogP contribution in [0.4, 0.5) is 0 Å². The van der Waals surface area contributed by atoms with Crippen molar-refractivity contribution in [2.24, 2.45) is 4.99 Å². The zero-order valence-electron chi connectivity index (χ0n) is 12.4. The van der Waals surface area contributed by atoms with Crippen molar-refractivity contribution >= 4 is 11.6 Å². The summed E-state index contributed by atoms with van der Waals surface area (Å²) < 4.78 is 0. The van der Waals surface area contributed by atoms with Gasteiger partial charge in [-0.05, 0) is 13.3 Å². The van der Waals surface area contributed by atoms with Crippen molar-refractivity contribution in [1.29, 1.82) is 0 Å². The average molecular weight is 268 g/mol. The van der Waals surface area contributed by atoms with Crippen LogP contribution in [0.1, 0.15) is 65.2 Å². The predicted octanol–water partition coefficient (Wildman–Crippen LogP) is 2.75. The lowest BCUT2D eigenvalue weighted by Crippen LogP contribution is -2.39. The van der Waals surface area contributed by atoms with Crippen molar-refractivity contribution in [1.82, 2.24) is 4.90 Å². The van der Waals surface area contributed by atoms with Crippen molar-refractivity contribution in [3.8, 4) is 0 Å². The van der Waals surface area contributed by atoms with Gasteiger partial charge in [-0.2, -0.15) is 0 Å². The van der Waals surface area contributed by atoms with Gasteiger partial charge in [0.25, 0.3) is 0 Å². The molecule has 0 aromatic heterocycles. The first-order valence-electron chi connectivity index (χ1n) is 7.69. The fourth-order valence-corrected chi connectivity index (χ4v) is 2.43. The third-order valence-corrected chi connectivity index (χ3v) is 3.58. The minimum atomic E-state index is -0.612. The first-order valence-corrected chi connectivity index (χ1v) is 7.69. The molecule has 0 amide bonds. The van der Waals surface area contributed by atoms with Crippen LogP contribution in [0.3, 0.4) is 0 Å². The number of hydrogen-bond acceptors (Lipinski definition) is 4. The van der Waals surface area contributed by atoms with Crippen LogP contribution in [-0.4, -0.2) is 40.9 Å². The van der Waals surface area contributed by atoms with E-state index in [1.165, 1.54) is 32.1 Å². The summed E-state index contributed by atoms with van der Waals surface area (Å²) in [5.41, 5.74) is 0. The van der Waals surface area contributed by atoms with Gasteiger partial charge in [0.1, 0.15) is 6.23 Å². The molecular formula is C15H28N2O2. The van der Waals surface area contributed by atoms with E-state index in [-0.39, 0.29) is 5.78 Å². The number of amidine groups is 1. The molecule has 0 saturated carbocycles. The fraction of sp³-hybridized carbons (Fsp3) is 0.867. The Hall–Kier alpha value is -0.900.